The van der Waals surface area contributed by atoms with Gasteiger partial charge in [0.1, 0.15) is 32.7 Å². The van der Waals surface area contributed by atoms with Gasteiger partial charge < -0.3 is 19.6 Å². The average molecular weight is 927 g/mol. The van der Waals surface area contributed by atoms with Crippen LogP contribution < -0.4 is 10.6 Å². The molecular weight excluding hydrogens is 882 g/mol. The summed E-state index contributed by atoms with van der Waals surface area (Å²) in [5.41, 5.74) is 1.70. The van der Waals surface area contributed by atoms with Crippen LogP contribution in [0.3, 0.4) is 0 Å². The molecule has 15 heteroatoms. The van der Waals surface area contributed by atoms with Crippen molar-refractivity contribution in [1.82, 2.24) is 15.2 Å². The molecule has 1 aromatic heterocycles. The van der Waals surface area contributed by atoms with Gasteiger partial charge in [-0.2, -0.15) is 0 Å². The monoisotopic (exact) mass is 925 g/mol. The van der Waals surface area contributed by atoms with Crippen LogP contribution >= 0.6 is 34.7 Å². The number of benzene rings is 5. The van der Waals surface area contributed by atoms with E-state index < -0.39 is 52.6 Å². The molecule has 65 heavy (non-hydrogen) atoms. The minimum atomic E-state index is -1.41. The van der Waals surface area contributed by atoms with Crippen molar-refractivity contribution in [2.45, 2.75) is 56.4 Å². The Balaban J connectivity index is 1.13. The number of thiazole rings is 1. The number of hydrogen-bond acceptors (Lipinski definition) is 11. The van der Waals surface area contributed by atoms with Gasteiger partial charge in [0.25, 0.3) is 11.8 Å². The average Bonchev–Trinajstić information content (AvgIpc) is 3.67. The molecule has 1 saturated heterocycles. The van der Waals surface area contributed by atoms with E-state index in [1.165, 1.54) is 16.7 Å². The van der Waals surface area contributed by atoms with Gasteiger partial charge in [-0.15, -0.1) is 11.8 Å². The van der Waals surface area contributed by atoms with Crippen LogP contribution in [0.1, 0.15) is 67.3 Å². The zero-order valence-corrected chi connectivity index (χ0v) is 38.2. The summed E-state index contributed by atoms with van der Waals surface area (Å²) in [7, 11) is 0. The Kier molecular flexibility index (Phi) is 13.2. The lowest BCUT2D eigenvalue weighted by atomic mass is 9.80. The second kappa shape index (κ2) is 19.2. The van der Waals surface area contributed by atoms with Crippen LogP contribution in [0.4, 0.5) is 9.93 Å². The molecule has 330 valence electrons. The number of oxime groups is 1. The van der Waals surface area contributed by atoms with E-state index in [9.17, 15) is 19.2 Å². The van der Waals surface area contributed by atoms with Crippen LogP contribution in [0.15, 0.2) is 168 Å². The van der Waals surface area contributed by atoms with E-state index in [2.05, 4.69) is 20.8 Å². The van der Waals surface area contributed by atoms with Crippen LogP contribution in [0.25, 0.3) is 0 Å². The first kappa shape index (κ1) is 44.9. The number of thioether (sulfide) groups is 1. The van der Waals surface area contributed by atoms with E-state index in [0.29, 0.717) is 28.0 Å². The number of carbonyl (C=O) groups is 4. The normalized spacial score (nSPS) is 16.3. The number of halogens is 1. The number of β-lactam (4-membered cyclic amide) rings is 1. The maximum atomic E-state index is 14.8. The SMILES string of the molecule is CC1=C(C(=O)OC(c2ccccc2)c2ccccc2)N2C(=O)[C@@H](NC(=O)/C(=N\OC(c3ccccc3)(c3ccccc3)c3ccccc3)c3nc(NC(=O)OC(C)(C)C)sc3Cl)[C@H]2SC1. The Hall–Kier alpha value is -6.74. The highest BCUT2D eigenvalue weighted by atomic mass is 35.5. The van der Waals surface area contributed by atoms with Gasteiger partial charge in [0.2, 0.25) is 5.60 Å². The quantitative estimate of drug-likeness (QED) is 0.0380. The van der Waals surface area contributed by atoms with Crippen molar-refractivity contribution in [2.24, 2.45) is 5.16 Å². The second-order valence-corrected chi connectivity index (χ2v) is 18.9. The standard InChI is InChI=1S/C50H44ClN5O7S2/c1-31-30-64-45-39(44(58)56(45)40(31)46(59)61-41(32-20-10-5-11-21-32)33-22-12-6-13-23-33)52-43(57)38(37-42(51)65-47(53-37)54-48(60)62-49(2,3)4)55-63-50(34-24-14-7-15-25-34,35-26-16-8-17-27-35)36-28-18-9-19-29-36/h5-29,39,41,45H,30H2,1-4H3,(H,52,57)(H,53,54,60)/b55-38-/t39-,45-/m1/s1. The smallest absolute Gasteiger partial charge is 0.413 e. The Morgan fingerprint density at radius 1 is 0.785 bits per heavy atom. The van der Waals surface area contributed by atoms with E-state index in [0.717, 1.165) is 22.5 Å². The van der Waals surface area contributed by atoms with Gasteiger partial charge in [-0.3, -0.25) is 19.8 Å². The third-order valence-corrected chi connectivity index (χ3v) is 13.1. The summed E-state index contributed by atoms with van der Waals surface area (Å²) in [4.78, 5) is 68.7. The van der Waals surface area contributed by atoms with Gasteiger partial charge in [-0.25, -0.2) is 14.6 Å². The minimum absolute atomic E-state index is 0.00173. The molecule has 6 aromatic rings. The highest BCUT2D eigenvalue weighted by Gasteiger charge is 2.55. The molecule has 0 saturated carbocycles. The van der Waals surface area contributed by atoms with Crippen LogP contribution in [0.5, 0.6) is 0 Å². The van der Waals surface area contributed by atoms with Crippen molar-refractivity contribution in [3.05, 3.63) is 201 Å². The lowest BCUT2D eigenvalue weighted by Crippen LogP contribution is -2.71. The van der Waals surface area contributed by atoms with Crippen molar-refractivity contribution in [3.63, 3.8) is 0 Å². The molecule has 0 unspecified atom stereocenters. The molecule has 0 bridgehead atoms. The van der Waals surface area contributed by atoms with E-state index in [1.807, 2.05) is 152 Å². The lowest BCUT2D eigenvalue weighted by Gasteiger charge is -2.49. The summed E-state index contributed by atoms with van der Waals surface area (Å²) >= 11 is 9.12. The predicted molar refractivity (Wildman–Crippen MR) is 252 cm³/mol. The largest absolute Gasteiger partial charge is 0.448 e. The molecule has 2 atom stereocenters. The number of fused-ring (bicyclic) bond motifs is 1. The van der Waals surface area contributed by atoms with Gasteiger partial charge >= 0.3 is 12.1 Å². The molecule has 5 aromatic carbocycles. The Morgan fingerprint density at radius 3 is 1.77 bits per heavy atom. The van der Waals surface area contributed by atoms with Crippen molar-refractivity contribution in [1.29, 1.82) is 0 Å². The zero-order valence-electron chi connectivity index (χ0n) is 35.8. The highest BCUT2D eigenvalue weighted by Crippen LogP contribution is 2.43. The first-order valence-corrected chi connectivity index (χ1v) is 22.9. The summed E-state index contributed by atoms with van der Waals surface area (Å²) in [5, 5.41) is 9.40. The molecule has 8 rings (SSSR count). The molecule has 0 spiro atoms. The van der Waals surface area contributed by atoms with E-state index in [4.69, 9.17) is 25.9 Å². The third kappa shape index (κ3) is 9.56. The maximum absolute atomic E-state index is 14.8. The second-order valence-electron chi connectivity index (χ2n) is 16.2. The molecule has 0 radical (unpaired) electrons. The molecule has 2 aliphatic heterocycles. The lowest BCUT2D eigenvalue weighted by molar-refractivity contribution is -0.154. The van der Waals surface area contributed by atoms with E-state index in [-0.39, 0.29) is 26.6 Å². The van der Waals surface area contributed by atoms with Crippen LogP contribution in [-0.4, -0.2) is 62.2 Å². The molecule has 2 aliphatic rings. The first-order chi connectivity index (χ1) is 31.3. The van der Waals surface area contributed by atoms with Crippen LogP contribution in [0, 0.1) is 0 Å². The number of rotatable bonds is 13. The Morgan fingerprint density at radius 2 is 1.28 bits per heavy atom. The minimum Gasteiger partial charge on any atom is -0.448 e. The van der Waals surface area contributed by atoms with Crippen molar-refractivity contribution < 1.29 is 33.5 Å². The van der Waals surface area contributed by atoms with Crippen LogP contribution in [0.2, 0.25) is 4.34 Å². The molecule has 3 heterocycles. The number of ether oxygens (including phenoxy) is 2. The topological polar surface area (TPSA) is 149 Å². The molecule has 3 amide bonds. The molecular formula is C50H44ClN5O7S2. The Bertz CT molecular complexity index is 2610. The number of anilines is 1. The van der Waals surface area contributed by atoms with Crippen molar-refractivity contribution >= 4 is 69.4 Å². The predicted octanol–water partition coefficient (Wildman–Crippen LogP) is 9.86. The molecule has 0 aliphatic carbocycles. The summed E-state index contributed by atoms with van der Waals surface area (Å²) in [6.07, 6.45) is -1.52. The number of nitrogens with one attached hydrogen (secondary N) is 2. The fourth-order valence-corrected chi connectivity index (χ4v) is 9.92. The van der Waals surface area contributed by atoms with E-state index in [1.54, 1.807) is 27.7 Å². The molecule has 2 N–H and O–H groups in total. The number of carbonyl (C=O) groups excluding carboxylic acids is 4. The first-order valence-electron chi connectivity index (χ1n) is 20.7. The van der Waals surface area contributed by atoms with Gasteiger partial charge in [0.15, 0.2) is 16.9 Å². The fraction of sp³-hybridized carbons (Fsp3) is 0.200. The number of amides is 3. The number of nitrogens with zero attached hydrogens (tertiary/aromatic N) is 3. The third-order valence-electron chi connectivity index (χ3n) is 10.5. The number of esters is 1. The number of aromatic nitrogens is 1. The van der Waals surface area contributed by atoms with Gasteiger partial charge in [-0.1, -0.05) is 180 Å². The molecule has 12 nitrogen and oxygen atoms in total. The Labute approximate surface area is 389 Å². The zero-order chi connectivity index (χ0) is 45.7. The van der Waals surface area contributed by atoms with E-state index >= 15 is 0 Å². The van der Waals surface area contributed by atoms with Crippen molar-refractivity contribution in [2.75, 3.05) is 11.1 Å². The maximum Gasteiger partial charge on any atom is 0.413 e. The summed E-state index contributed by atoms with van der Waals surface area (Å²) in [5.74, 6) is -1.65. The summed E-state index contributed by atoms with van der Waals surface area (Å²) in [6.45, 7) is 6.95. The van der Waals surface area contributed by atoms with Gasteiger partial charge in [0, 0.05) is 22.4 Å². The molecule has 1 fully saturated rings. The summed E-state index contributed by atoms with van der Waals surface area (Å²) in [6, 6.07) is 46.0. The fourth-order valence-electron chi connectivity index (χ4n) is 7.59. The summed E-state index contributed by atoms with van der Waals surface area (Å²) < 4.78 is 11.6. The highest BCUT2D eigenvalue weighted by molar-refractivity contribution is 8.00. The van der Waals surface area contributed by atoms with Gasteiger partial charge in [0.05, 0.1) is 0 Å². The number of hydrogen-bond donors (Lipinski definition) is 2. The van der Waals surface area contributed by atoms with Crippen molar-refractivity contribution in [3.8, 4) is 0 Å². The van der Waals surface area contributed by atoms with Crippen LogP contribution in [-0.2, 0) is 34.3 Å². The van der Waals surface area contributed by atoms with Gasteiger partial charge in [-0.05, 0) is 44.4 Å².